The summed E-state index contributed by atoms with van der Waals surface area (Å²) in [4.78, 5) is 24.2. The predicted molar refractivity (Wildman–Crippen MR) is 93.4 cm³/mol. The quantitative estimate of drug-likeness (QED) is 0.700. The lowest BCUT2D eigenvalue weighted by molar-refractivity contribution is -0.116. The summed E-state index contributed by atoms with van der Waals surface area (Å²) in [6.07, 6.45) is 1.66. The zero-order valence-corrected chi connectivity index (χ0v) is 14.2. The molecule has 2 N–H and O–H groups in total. The summed E-state index contributed by atoms with van der Waals surface area (Å²) < 4.78 is 1.56. The smallest absolute Gasteiger partial charge is 0.251 e. The summed E-state index contributed by atoms with van der Waals surface area (Å²) in [5, 5.41) is 20.5. The number of anilines is 1. The second-order valence-corrected chi connectivity index (χ2v) is 6.05. The summed E-state index contributed by atoms with van der Waals surface area (Å²) >= 11 is 1.55. The van der Waals surface area contributed by atoms with Crippen LogP contribution in [-0.2, 0) is 4.79 Å². The van der Waals surface area contributed by atoms with Gasteiger partial charge in [0.05, 0.1) is 12.5 Å². The van der Waals surface area contributed by atoms with Crippen molar-refractivity contribution in [3.63, 3.8) is 0 Å². The number of rotatable bonds is 6. The Morgan fingerprint density at radius 2 is 2.20 bits per heavy atom. The molecule has 128 valence electrons. The number of carbonyl (C=O) groups excluding carboxylic acids is 2. The molecule has 9 heteroatoms. The maximum absolute atomic E-state index is 12.5. The van der Waals surface area contributed by atoms with Crippen molar-refractivity contribution in [2.75, 3.05) is 12.4 Å². The molecule has 2 amide bonds. The number of amides is 2. The number of tetrazole rings is 1. The van der Waals surface area contributed by atoms with E-state index in [1.165, 1.54) is 6.33 Å². The summed E-state index contributed by atoms with van der Waals surface area (Å²) in [6, 6.07) is 8.43. The monoisotopic (exact) mass is 356 g/mol. The molecule has 0 bridgehead atoms. The summed E-state index contributed by atoms with van der Waals surface area (Å²) in [6.45, 7) is 0. The van der Waals surface area contributed by atoms with Gasteiger partial charge in [0.25, 0.3) is 5.91 Å². The predicted octanol–water partition coefficient (Wildman–Crippen LogP) is 1.71. The van der Waals surface area contributed by atoms with E-state index in [4.69, 9.17) is 0 Å². The third-order valence-corrected chi connectivity index (χ3v) is 4.33. The van der Waals surface area contributed by atoms with Crippen molar-refractivity contribution < 1.29 is 9.59 Å². The molecule has 3 rings (SSSR count). The molecule has 25 heavy (non-hydrogen) atoms. The Morgan fingerprint density at radius 3 is 2.88 bits per heavy atom. The summed E-state index contributed by atoms with van der Waals surface area (Å²) in [5.74, 6) is -0.401. The van der Waals surface area contributed by atoms with Gasteiger partial charge in [0.2, 0.25) is 5.91 Å². The van der Waals surface area contributed by atoms with E-state index in [9.17, 15) is 9.59 Å². The minimum Gasteiger partial charge on any atom is -0.355 e. The van der Waals surface area contributed by atoms with E-state index in [-0.39, 0.29) is 24.3 Å². The van der Waals surface area contributed by atoms with E-state index >= 15 is 0 Å². The van der Waals surface area contributed by atoms with Crippen molar-refractivity contribution in [3.8, 4) is 0 Å². The van der Waals surface area contributed by atoms with Crippen molar-refractivity contribution in [1.29, 1.82) is 0 Å². The molecule has 0 aliphatic heterocycles. The molecular formula is C16H16N6O2S. The fourth-order valence-electron chi connectivity index (χ4n) is 2.41. The molecule has 0 unspecified atom stereocenters. The molecule has 1 aromatic carbocycles. The molecule has 1 atom stereocenters. The molecule has 0 fully saturated rings. The van der Waals surface area contributed by atoms with E-state index in [1.54, 1.807) is 47.3 Å². The Balaban J connectivity index is 1.73. The highest BCUT2D eigenvalue weighted by molar-refractivity contribution is 7.08. The molecule has 0 saturated heterocycles. The number of carbonyl (C=O) groups is 2. The van der Waals surface area contributed by atoms with Crippen LogP contribution in [0.4, 0.5) is 5.69 Å². The van der Waals surface area contributed by atoms with Crippen LogP contribution < -0.4 is 10.6 Å². The van der Waals surface area contributed by atoms with Crippen LogP contribution in [-0.4, -0.2) is 39.1 Å². The lowest BCUT2D eigenvalue weighted by Crippen LogP contribution is -2.21. The fourth-order valence-corrected chi connectivity index (χ4v) is 3.12. The SMILES string of the molecule is CNC(=O)c1cccc(NC(=O)C[C@H](c2ccsc2)n2cnnn2)c1. The van der Waals surface area contributed by atoms with Gasteiger partial charge >= 0.3 is 0 Å². The third kappa shape index (κ3) is 4.07. The minimum atomic E-state index is -0.289. The topological polar surface area (TPSA) is 102 Å². The molecule has 0 saturated carbocycles. The van der Waals surface area contributed by atoms with Crippen LogP contribution >= 0.6 is 11.3 Å². The maximum atomic E-state index is 12.5. The molecule has 0 aliphatic carbocycles. The lowest BCUT2D eigenvalue weighted by atomic mass is 10.1. The normalized spacial score (nSPS) is 11.7. The molecule has 2 aromatic heterocycles. The first-order valence-corrected chi connectivity index (χ1v) is 8.48. The van der Waals surface area contributed by atoms with Gasteiger partial charge in [-0.15, -0.1) is 5.10 Å². The molecular weight excluding hydrogens is 340 g/mol. The second kappa shape index (κ2) is 7.67. The largest absolute Gasteiger partial charge is 0.355 e. The van der Waals surface area contributed by atoms with Gasteiger partial charge in [-0.2, -0.15) is 11.3 Å². The van der Waals surface area contributed by atoms with Crippen LogP contribution in [0.5, 0.6) is 0 Å². The van der Waals surface area contributed by atoms with E-state index < -0.39 is 0 Å². The Hall–Kier alpha value is -3.07. The number of nitrogens with one attached hydrogen (secondary N) is 2. The van der Waals surface area contributed by atoms with Gasteiger partial charge in [-0.3, -0.25) is 9.59 Å². The fraction of sp³-hybridized carbons (Fsp3) is 0.188. The van der Waals surface area contributed by atoms with Crippen LogP contribution in [0.2, 0.25) is 0 Å². The first kappa shape index (κ1) is 16.8. The highest BCUT2D eigenvalue weighted by Crippen LogP contribution is 2.24. The molecule has 0 aliphatic rings. The number of aromatic nitrogens is 4. The molecule has 3 aromatic rings. The van der Waals surface area contributed by atoms with Gasteiger partial charge in [-0.1, -0.05) is 6.07 Å². The van der Waals surface area contributed by atoms with Gasteiger partial charge < -0.3 is 10.6 Å². The van der Waals surface area contributed by atoms with Crippen molar-refractivity contribution in [1.82, 2.24) is 25.5 Å². The molecule has 2 heterocycles. The van der Waals surface area contributed by atoms with Gasteiger partial charge in [-0.05, 0) is 51.0 Å². The second-order valence-electron chi connectivity index (χ2n) is 5.27. The third-order valence-electron chi connectivity index (χ3n) is 3.63. The van der Waals surface area contributed by atoms with Gasteiger partial charge in [-0.25, -0.2) is 4.68 Å². The van der Waals surface area contributed by atoms with E-state index in [0.717, 1.165) is 5.56 Å². The van der Waals surface area contributed by atoms with Crippen LogP contribution in [0.3, 0.4) is 0 Å². The van der Waals surface area contributed by atoms with E-state index in [0.29, 0.717) is 11.3 Å². The van der Waals surface area contributed by atoms with Gasteiger partial charge in [0, 0.05) is 18.3 Å². The number of thiophene rings is 1. The van der Waals surface area contributed by atoms with Crippen molar-refractivity contribution in [2.24, 2.45) is 0 Å². The van der Waals surface area contributed by atoms with Crippen molar-refractivity contribution in [3.05, 3.63) is 58.5 Å². The Labute approximate surface area is 147 Å². The average molecular weight is 356 g/mol. The lowest BCUT2D eigenvalue weighted by Gasteiger charge is -2.15. The van der Waals surface area contributed by atoms with Crippen LogP contribution in [0.15, 0.2) is 47.4 Å². The van der Waals surface area contributed by atoms with Crippen molar-refractivity contribution in [2.45, 2.75) is 12.5 Å². The number of nitrogens with zero attached hydrogens (tertiary/aromatic N) is 4. The minimum absolute atomic E-state index is 0.173. The van der Waals surface area contributed by atoms with Crippen LogP contribution in [0.1, 0.15) is 28.4 Å². The zero-order chi connectivity index (χ0) is 17.6. The van der Waals surface area contributed by atoms with Gasteiger partial charge in [0.15, 0.2) is 0 Å². The van der Waals surface area contributed by atoms with E-state index in [1.807, 2.05) is 16.8 Å². The average Bonchev–Trinajstić information content (AvgIpc) is 3.33. The maximum Gasteiger partial charge on any atom is 0.251 e. The number of hydrogen-bond donors (Lipinski definition) is 2. The van der Waals surface area contributed by atoms with Crippen LogP contribution in [0.25, 0.3) is 0 Å². The van der Waals surface area contributed by atoms with E-state index in [2.05, 4.69) is 26.2 Å². The first-order valence-electron chi connectivity index (χ1n) is 7.54. The van der Waals surface area contributed by atoms with Gasteiger partial charge in [0.1, 0.15) is 6.33 Å². The Kier molecular flexibility index (Phi) is 5.14. The van der Waals surface area contributed by atoms with Crippen LogP contribution in [0, 0.1) is 0 Å². The number of hydrogen-bond acceptors (Lipinski definition) is 6. The zero-order valence-electron chi connectivity index (χ0n) is 13.4. The number of benzene rings is 1. The summed E-state index contributed by atoms with van der Waals surface area (Å²) in [5.41, 5.74) is 2.01. The first-order chi connectivity index (χ1) is 12.2. The Bertz CT molecular complexity index is 813. The molecule has 8 nitrogen and oxygen atoms in total. The highest BCUT2D eigenvalue weighted by atomic mass is 32.1. The Morgan fingerprint density at radius 1 is 1.32 bits per heavy atom. The summed E-state index contributed by atoms with van der Waals surface area (Å²) in [7, 11) is 1.56. The van der Waals surface area contributed by atoms with Crippen molar-refractivity contribution >= 4 is 28.8 Å². The molecule has 0 radical (unpaired) electrons. The molecule has 0 spiro atoms. The highest BCUT2D eigenvalue weighted by Gasteiger charge is 2.20. The standard InChI is InChI=1S/C16H16N6O2S/c1-17-16(24)11-3-2-4-13(7-11)19-15(23)8-14(12-5-6-25-9-12)22-10-18-20-21-22/h2-7,9-10,14H,8H2,1H3,(H,17,24)(H,19,23)/t14-/m1/s1.